The normalized spacial score (nSPS) is 15.5. The van der Waals surface area contributed by atoms with Crippen molar-refractivity contribution in [1.29, 1.82) is 5.26 Å². The van der Waals surface area contributed by atoms with Crippen LogP contribution in [-0.4, -0.2) is 4.98 Å². The van der Waals surface area contributed by atoms with Gasteiger partial charge in [-0.1, -0.05) is 12.5 Å². The Labute approximate surface area is 72.9 Å². The van der Waals surface area contributed by atoms with Gasteiger partial charge in [0.25, 0.3) is 0 Å². The molecule has 1 aliphatic carbocycles. The zero-order valence-corrected chi connectivity index (χ0v) is 6.98. The van der Waals surface area contributed by atoms with Crippen LogP contribution in [0, 0.1) is 11.8 Å². The maximum atomic E-state index is 6.50. The van der Waals surface area contributed by atoms with Crippen LogP contribution in [0.5, 0.6) is 0 Å². The Morgan fingerprint density at radius 3 is 2.58 bits per heavy atom. The average molecular weight is 160 g/mol. The molecule has 1 aromatic rings. The highest BCUT2D eigenvalue weighted by Gasteiger charge is 2.18. The van der Waals surface area contributed by atoms with Crippen molar-refractivity contribution in [2.45, 2.75) is 25.2 Å². The van der Waals surface area contributed by atoms with Gasteiger partial charge in [0.1, 0.15) is 0 Å². The van der Waals surface area contributed by atoms with Gasteiger partial charge in [0.15, 0.2) is 0 Å². The molecule has 0 aromatic carbocycles. The molecular formula is C10H12N2. The summed E-state index contributed by atoms with van der Waals surface area (Å²) in [7, 11) is 0. The predicted octanol–water partition coefficient (Wildman–Crippen LogP) is 2.49. The Kier molecular flexibility index (Phi) is 3.28. The molecule has 12 heavy (non-hydrogen) atoms. The van der Waals surface area contributed by atoms with E-state index < -0.39 is 0 Å². The molecule has 2 rings (SSSR count). The third-order valence-electron chi connectivity index (χ3n) is 2.26. The Morgan fingerprint density at radius 1 is 1.42 bits per heavy atom. The number of hydrogen-bond donors (Lipinski definition) is 0. The van der Waals surface area contributed by atoms with Crippen LogP contribution in [0.3, 0.4) is 0 Å². The van der Waals surface area contributed by atoms with E-state index >= 15 is 0 Å². The van der Waals surface area contributed by atoms with Gasteiger partial charge in [0.05, 0.1) is 0 Å². The first-order valence-electron chi connectivity index (χ1n) is 4.12. The summed E-state index contributed by atoms with van der Waals surface area (Å²) in [6.45, 7) is 3.50. The maximum absolute atomic E-state index is 6.50. The molecule has 0 atom stereocenters. The van der Waals surface area contributed by atoms with Gasteiger partial charge in [0, 0.05) is 19.0 Å². The van der Waals surface area contributed by atoms with E-state index in [1.54, 1.807) is 0 Å². The number of aromatic nitrogens is 1. The molecule has 1 fully saturated rings. The fourth-order valence-electron chi connectivity index (χ4n) is 1.36. The van der Waals surface area contributed by atoms with E-state index in [9.17, 15) is 0 Å². The summed E-state index contributed by atoms with van der Waals surface area (Å²) in [6.07, 6.45) is 7.96. The number of rotatable bonds is 1. The highest BCUT2D eigenvalue weighted by Crippen LogP contribution is 2.35. The lowest BCUT2D eigenvalue weighted by Gasteiger charge is -2.24. The van der Waals surface area contributed by atoms with Crippen molar-refractivity contribution >= 4 is 0 Å². The van der Waals surface area contributed by atoms with Crippen molar-refractivity contribution in [1.82, 2.24) is 4.98 Å². The first kappa shape index (κ1) is 8.73. The quantitative estimate of drug-likeness (QED) is 0.632. The van der Waals surface area contributed by atoms with Gasteiger partial charge in [-0.2, -0.15) is 0 Å². The van der Waals surface area contributed by atoms with E-state index in [1.807, 2.05) is 18.5 Å². The maximum Gasteiger partial charge on any atom is 0.0462 e. The van der Waals surface area contributed by atoms with Gasteiger partial charge < -0.3 is 0 Å². The molecular weight excluding hydrogens is 148 g/mol. The summed E-state index contributed by atoms with van der Waals surface area (Å²) >= 11 is 0. The number of hydrogen-bond acceptors (Lipinski definition) is 2. The summed E-state index contributed by atoms with van der Waals surface area (Å²) in [5.41, 5.74) is 1.42. The molecule has 0 spiro atoms. The van der Waals surface area contributed by atoms with Gasteiger partial charge in [-0.3, -0.25) is 4.98 Å². The minimum absolute atomic E-state index is 0.827. The number of pyridine rings is 1. The molecule has 0 bridgehead atoms. The highest BCUT2D eigenvalue weighted by molar-refractivity contribution is 5.16. The SMILES string of the molecule is C#N.c1cncc(C2CCC2)c1. The zero-order valence-electron chi connectivity index (χ0n) is 6.98. The molecule has 0 radical (unpaired) electrons. The Hall–Kier alpha value is -1.36. The van der Waals surface area contributed by atoms with E-state index in [0.29, 0.717) is 0 Å². The van der Waals surface area contributed by atoms with Gasteiger partial charge >= 0.3 is 0 Å². The number of nitrogens with zero attached hydrogens (tertiary/aromatic N) is 2. The van der Waals surface area contributed by atoms with E-state index in [2.05, 4.69) is 17.6 Å². The van der Waals surface area contributed by atoms with Gasteiger partial charge in [-0.05, 0) is 30.4 Å². The molecule has 0 aliphatic heterocycles. The molecule has 0 unspecified atom stereocenters. The predicted molar refractivity (Wildman–Crippen MR) is 47.5 cm³/mol. The second-order valence-electron chi connectivity index (χ2n) is 2.91. The van der Waals surface area contributed by atoms with Crippen molar-refractivity contribution in [2.24, 2.45) is 0 Å². The van der Waals surface area contributed by atoms with Crippen molar-refractivity contribution in [3.05, 3.63) is 30.1 Å². The third kappa shape index (κ3) is 1.82. The minimum atomic E-state index is 0.827. The minimum Gasteiger partial charge on any atom is -0.264 e. The van der Waals surface area contributed by atoms with Crippen LogP contribution in [0.2, 0.25) is 0 Å². The van der Waals surface area contributed by atoms with Crippen molar-refractivity contribution in [3.63, 3.8) is 0 Å². The van der Waals surface area contributed by atoms with Crippen molar-refractivity contribution in [2.75, 3.05) is 0 Å². The summed E-state index contributed by atoms with van der Waals surface area (Å²) in [6, 6.07) is 4.20. The molecule has 2 nitrogen and oxygen atoms in total. The molecule has 62 valence electrons. The molecule has 1 aliphatic rings. The summed E-state index contributed by atoms with van der Waals surface area (Å²) in [5.74, 6) is 0.827. The first-order chi connectivity index (χ1) is 5.97. The molecule has 0 N–H and O–H groups in total. The van der Waals surface area contributed by atoms with Crippen LogP contribution in [0.1, 0.15) is 30.7 Å². The smallest absolute Gasteiger partial charge is 0.0462 e. The summed E-state index contributed by atoms with van der Waals surface area (Å²) in [5, 5.41) is 6.50. The molecule has 0 saturated heterocycles. The Morgan fingerprint density at radius 2 is 2.17 bits per heavy atom. The summed E-state index contributed by atoms with van der Waals surface area (Å²) in [4.78, 5) is 4.09. The second-order valence-corrected chi connectivity index (χ2v) is 2.91. The lowest BCUT2D eigenvalue weighted by atomic mass is 9.81. The molecule has 1 aromatic heterocycles. The Bertz CT molecular complexity index is 237. The largest absolute Gasteiger partial charge is 0.264 e. The van der Waals surface area contributed by atoms with Crippen molar-refractivity contribution < 1.29 is 0 Å². The van der Waals surface area contributed by atoms with Crippen LogP contribution in [-0.2, 0) is 0 Å². The van der Waals surface area contributed by atoms with Crippen molar-refractivity contribution in [3.8, 4) is 6.57 Å². The fraction of sp³-hybridized carbons (Fsp3) is 0.400. The topological polar surface area (TPSA) is 36.7 Å². The second kappa shape index (κ2) is 4.50. The zero-order chi connectivity index (χ0) is 8.81. The lowest BCUT2D eigenvalue weighted by Crippen LogP contribution is -2.08. The lowest BCUT2D eigenvalue weighted by molar-refractivity contribution is 0.419. The van der Waals surface area contributed by atoms with Gasteiger partial charge in [0.2, 0.25) is 0 Å². The van der Waals surface area contributed by atoms with Crippen LogP contribution < -0.4 is 0 Å². The summed E-state index contributed by atoms with van der Waals surface area (Å²) < 4.78 is 0. The number of nitriles is 1. The van der Waals surface area contributed by atoms with E-state index in [1.165, 1.54) is 24.8 Å². The average Bonchev–Trinajstić information content (AvgIpc) is 2.07. The van der Waals surface area contributed by atoms with Crippen LogP contribution in [0.25, 0.3) is 0 Å². The third-order valence-corrected chi connectivity index (χ3v) is 2.26. The van der Waals surface area contributed by atoms with Crippen LogP contribution in [0.15, 0.2) is 24.5 Å². The molecule has 1 saturated carbocycles. The molecule has 2 heteroatoms. The standard InChI is InChI=1S/C9H11N.CHN/c1-3-8(4-1)9-5-2-6-10-7-9;1-2/h2,5-8H,1,3-4H2;1H. The van der Waals surface area contributed by atoms with Gasteiger partial charge in [-0.25, -0.2) is 5.26 Å². The Balaban J connectivity index is 0.000000336. The van der Waals surface area contributed by atoms with E-state index in [4.69, 9.17) is 5.26 Å². The first-order valence-corrected chi connectivity index (χ1v) is 4.12. The van der Waals surface area contributed by atoms with Gasteiger partial charge in [-0.15, -0.1) is 0 Å². The van der Waals surface area contributed by atoms with Crippen LogP contribution in [0.4, 0.5) is 0 Å². The van der Waals surface area contributed by atoms with E-state index in [-0.39, 0.29) is 0 Å². The van der Waals surface area contributed by atoms with Crippen LogP contribution >= 0.6 is 0 Å². The monoisotopic (exact) mass is 160 g/mol. The van der Waals surface area contributed by atoms with E-state index in [0.717, 1.165) is 5.92 Å². The highest BCUT2D eigenvalue weighted by atomic mass is 14.6. The fourth-order valence-corrected chi connectivity index (χ4v) is 1.36. The molecule has 0 amide bonds. The molecule has 1 heterocycles.